The van der Waals surface area contributed by atoms with Gasteiger partial charge in [-0.15, -0.1) is 22.7 Å². The Labute approximate surface area is 235 Å². The molecule has 39 heavy (non-hydrogen) atoms. The lowest BCUT2D eigenvalue weighted by Crippen LogP contribution is -1.89. The molecule has 0 radical (unpaired) electrons. The highest BCUT2D eigenvalue weighted by molar-refractivity contribution is 7.26. The minimum absolute atomic E-state index is 0.948. The first-order valence-corrected chi connectivity index (χ1v) is 15.0. The summed E-state index contributed by atoms with van der Waals surface area (Å²) in [7, 11) is 0. The lowest BCUT2D eigenvalue weighted by molar-refractivity contribution is 1.42. The van der Waals surface area contributed by atoms with Crippen molar-refractivity contribution in [2.45, 2.75) is 6.42 Å². The second-order valence-electron chi connectivity index (χ2n) is 10.0. The molecule has 184 valence electrons. The number of hydrogen-bond acceptors (Lipinski definition) is 2. The van der Waals surface area contributed by atoms with Gasteiger partial charge in [0.15, 0.2) is 0 Å². The predicted molar refractivity (Wildman–Crippen MR) is 173 cm³/mol. The third-order valence-corrected chi connectivity index (χ3v) is 10.1. The van der Waals surface area contributed by atoms with E-state index < -0.39 is 0 Å². The molecule has 0 bridgehead atoms. The van der Waals surface area contributed by atoms with Crippen LogP contribution < -0.4 is 0 Å². The normalized spacial score (nSPS) is 13.1. The minimum atomic E-state index is 0.948. The van der Waals surface area contributed by atoms with Crippen LogP contribution in [-0.4, -0.2) is 0 Å². The summed E-state index contributed by atoms with van der Waals surface area (Å²) in [6.45, 7) is 0. The molecule has 0 fully saturated rings. The molecule has 1 aliphatic carbocycles. The van der Waals surface area contributed by atoms with Crippen LogP contribution in [0.2, 0.25) is 0 Å². The molecule has 0 saturated heterocycles. The third kappa shape index (κ3) is 3.79. The van der Waals surface area contributed by atoms with Crippen molar-refractivity contribution < 1.29 is 0 Å². The van der Waals surface area contributed by atoms with E-state index in [-0.39, 0.29) is 0 Å². The summed E-state index contributed by atoms with van der Waals surface area (Å²) in [4.78, 5) is 1.37. The van der Waals surface area contributed by atoms with Crippen molar-refractivity contribution in [2.24, 2.45) is 0 Å². The van der Waals surface area contributed by atoms with Gasteiger partial charge in [-0.05, 0) is 64.1 Å². The first-order valence-electron chi connectivity index (χ1n) is 13.3. The van der Waals surface area contributed by atoms with Gasteiger partial charge in [0.1, 0.15) is 0 Å². The second kappa shape index (κ2) is 9.20. The fraction of sp³-hybridized carbons (Fsp3) is 0.0270. The Morgan fingerprint density at radius 3 is 2.00 bits per heavy atom. The van der Waals surface area contributed by atoms with Crippen LogP contribution in [0.5, 0.6) is 0 Å². The van der Waals surface area contributed by atoms with Gasteiger partial charge in [0.2, 0.25) is 0 Å². The Kier molecular flexibility index (Phi) is 5.36. The predicted octanol–water partition coefficient (Wildman–Crippen LogP) is 11.5. The first-order chi connectivity index (χ1) is 19.3. The first kappa shape index (κ1) is 22.7. The molecule has 2 heterocycles. The lowest BCUT2D eigenvalue weighted by Gasteiger charge is -2.11. The molecule has 5 aromatic carbocycles. The maximum Gasteiger partial charge on any atom is 0.0433 e. The SMILES string of the molecule is C1=Cc2c(sc3ccccc23)C(c2cccc(-c3cccc(-c4cccc5c4sc4ccccc45)c3)c2)=CC1. The van der Waals surface area contributed by atoms with Gasteiger partial charge in [-0.3, -0.25) is 0 Å². The topological polar surface area (TPSA) is 0 Å². The van der Waals surface area contributed by atoms with Crippen LogP contribution in [0.25, 0.3) is 64.2 Å². The Morgan fingerprint density at radius 1 is 0.513 bits per heavy atom. The largest absolute Gasteiger partial charge is 0.135 e. The van der Waals surface area contributed by atoms with Crippen molar-refractivity contribution in [3.63, 3.8) is 0 Å². The molecular formula is C37H24S2. The smallest absolute Gasteiger partial charge is 0.0433 e. The lowest BCUT2D eigenvalue weighted by atomic mass is 9.94. The van der Waals surface area contributed by atoms with Crippen molar-refractivity contribution in [1.82, 2.24) is 0 Å². The standard InChI is InChI=1S/C37H24S2/c1-2-17-32-30-15-3-5-20-34(30)38-36(32)28(14-1)26-12-7-10-24(22-26)25-11-8-13-27(23-25)29-18-9-19-33-31-16-4-6-21-35(31)39-37(29)33/h2-23H,1H2. The van der Waals surface area contributed by atoms with Crippen molar-refractivity contribution >= 4 is 64.6 Å². The highest BCUT2D eigenvalue weighted by Crippen LogP contribution is 2.43. The van der Waals surface area contributed by atoms with Crippen LogP contribution in [-0.2, 0) is 0 Å². The van der Waals surface area contributed by atoms with E-state index in [0.29, 0.717) is 0 Å². The van der Waals surface area contributed by atoms with Gasteiger partial charge in [-0.2, -0.15) is 0 Å². The number of fused-ring (bicyclic) bond motifs is 6. The highest BCUT2D eigenvalue weighted by atomic mass is 32.1. The second-order valence-corrected chi connectivity index (χ2v) is 12.1. The number of hydrogen-bond donors (Lipinski definition) is 0. The molecule has 0 atom stereocenters. The van der Waals surface area contributed by atoms with Crippen molar-refractivity contribution in [2.75, 3.05) is 0 Å². The third-order valence-electron chi connectivity index (χ3n) is 7.71. The van der Waals surface area contributed by atoms with E-state index in [1.54, 1.807) is 0 Å². The Morgan fingerprint density at radius 2 is 1.15 bits per heavy atom. The zero-order valence-corrected chi connectivity index (χ0v) is 22.9. The van der Waals surface area contributed by atoms with E-state index in [0.717, 1.165) is 6.42 Å². The van der Waals surface area contributed by atoms with Crippen LogP contribution in [0.1, 0.15) is 22.4 Å². The van der Waals surface area contributed by atoms with Crippen molar-refractivity contribution in [1.29, 1.82) is 0 Å². The Bertz CT molecular complexity index is 2100. The summed E-state index contributed by atoms with van der Waals surface area (Å²) in [6.07, 6.45) is 7.92. The van der Waals surface area contributed by atoms with Gasteiger partial charge < -0.3 is 0 Å². The van der Waals surface area contributed by atoms with Gasteiger partial charge in [-0.25, -0.2) is 0 Å². The van der Waals surface area contributed by atoms with E-state index in [9.17, 15) is 0 Å². The van der Waals surface area contributed by atoms with Crippen LogP contribution >= 0.6 is 22.7 Å². The molecule has 7 aromatic rings. The van der Waals surface area contributed by atoms with Crippen LogP contribution in [0, 0.1) is 0 Å². The minimum Gasteiger partial charge on any atom is -0.135 e. The molecule has 8 rings (SSSR count). The summed E-state index contributed by atoms with van der Waals surface area (Å²) >= 11 is 3.79. The van der Waals surface area contributed by atoms with E-state index in [4.69, 9.17) is 0 Å². The van der Waals surface area contributed by atoms with Gasteiger partial charge in [0.25, 0.3) is 0 Å². The van der Waals surface area contributed by atoms with Crippen molar-refractivity contribution in [3.05, 3.63) is 143 Å². The zero-order valence-electron chi connectivity index (χ0n) is 21.2. The molecule has 0 aliphatic heterocycles. The number of allylic oxidation sites excluding steroid dienone is 2. The number of benzene rings is 5. The van der Waals surface area contributed by atoms with Crippen molar-refractivity contribution in [3.8, 4) is 22.3 Å². The van der Waals surface area contributed by atoms with E-state index in [1.165, 1.54) is 74.1 Å². The summed E-state index contributed by atoms with van der Waals surface area (Å²) in [5.41, 5.74) is 9.03. The molecular weight excluding hydrogens is 509 g/mol. The maximum atomic E-state index is 2.38. The molecule has 0 saturated carbocycles. The zero-order chi connectivity index (χ0) is 25.8. The quantitative estimate of drug-likeness (QED) is 0.212. The van der Waals surface area contributed by atoms with Gasteiger partial charge in [0, 0.05) is 40.7 Å². The molecule has 1 aliphatic rings. The highest BCUT2D eigenvalue weighted by Gasteiger charge is 2.17. The molecule has 0 amide bonds. The molecule has 0 nitrogen and oxygen atoms in total. The van der Waals surface area contributed by atoms with E-state index in [1.807, 2.05) is 22.7 Å². The Balaban J connectivity index is 1.23. The van der Waals surface area contributed by atoms with Gasteiger partial charge in [-0.1, -0.05) is 109 Å². The molecule has 0 N–H and O–H groups in total. The average molecular weight is 533 g/mol. The van der Waals surface area contributed by atoms with Crippen LogP contribution in [0.3, 0.4) is 0 Å². The van der Waals surface area contributed by atoms with E-state index in [2.05, 4.69) is 133 Å². The number of thiophene rings is 2. The fourth-order valence-corrected chi connectivity index (χ4v) is 8.34. The summed E-state index contributed by atoms with van der Waals surface area (Å²) in [5.74, 6) is 0. The molecule has 2 aromatic heterocycles. The van der Waals surface area contributed by atoms with E-state index >= 15 is 0 Å². The summed E-state index contributed by atoms with van der Waals surface area (Å²) in [6, 6.07) is 42.3. The monoisotopic (exact) mass is 532 g/mol. The fourth-order valence-electron chi connectivity index (χ4n) is 5.85. The molecule has 2 heteroatoms. The van der Waals surface area contributed by atoms with Gasteiger partial charge >= 0.3 is 0 Å². The number of rotatable bonds is 3. The maximum absolute atomic E-state index is 2.38. The molecule has 0 spiro atoms. The van der Waals surface area contributed by atoms with Gasteiger partial charge in [0.05, 0.1) is 0 Å². The average Bonchev–Trinajstić information content (AvgIpc) is 3.48. The Hall–Kier alpha value is -4.24. The van der Waals surface area contributed by atoms with Crippen LogP contribution in [0.4, 0.5) is 0 Å². The molecule has 0 unspecified atom stereocenters. The summed E-state index contributed by atoms with van der Waals surface area (Å²) in [5, 5.41) is 4.03. The summed E-state index contributed by atoms with van der Waals surface area (Å²) < 4.78 is 4.05. The van der Waals surface area contributed by atoms with Crippen LogP contribution in [0.15, 0.2) is 127 Å².